The molecule has 0 spiro atoms. The fraction of sp³-hybridized carbons (Fsp3) is 0.267. The zero-order valence-electron chi connectivity index (χ0n) is 13.1. The highest BCUT2D eigenvalue weighted by molar-refractivity contribution is 7.98. The van der Waals surface area contributed by atoms with E-state index in [-0.39, 0.29) is 4.21 Å². The standard InChI is InChI=1S/C15H16N2O3S4/c1-20-8-7-17-12-6-5-11(21-2)10-13(12)23-15(17)16-24(18,19)14-4-3-9-22-14/h3-6,9-10H,7-8H2,1-2H3/b16-15-. The summed E-state index contributed by atoms with van der Waals surface area (Å²) in [5.41, 5.74) is 0.968. The number of thiazole rings is 1. The molecule has 5 nitrogen and oxygen atoms in total. The van der Waals surface area contributed by atoms with Crippen molar-refractivity contribution in [2.75, 3.05) is 20.0 Å². The predicted molar refractivity (Wildman–Crippen MR) is 101 cm³/mol. The first-order valence-corrected chi connectivity index (χ1v) is 11.4. The van der Waals surface area contributed by atoms with Gasteiger partial charge in [0.1, 0.15) is 4.21 Å². The van der Waals surface area contributed by atoms with Crippen molar-refractivity contribution in [3.05, 3.63) is 40.5 Å². The molecule has 9 heteroatoms. The minimum absolute atomic E-state index is 0.253. The second kappa shape index (κ2) is 7.40. The van der Waals surface area contributed by atoms with Gasteiger partial charge in [0.15, 0.2) is 0 Å². The van der Waals surface area contributed by atoms with Crippen LogP contribution < -0.4 is 4.80 Å². The summed E-state index contributed by atoms with van der Waals surface area (Å²) >= 11 is 4.21. The molecular formula is C15H16N2O3S4. The van der Waals surface area contributed by atoms with E-state index in [4.69, 9.17) is 4.74 Å². The summed E-state index contributed by atoms with van der Waals surface area (Å²) < 4.78 is 37.4. The largest absolute Gasteiger partial charge is 0.383 e. The van der Waals surface area contributed by atoms with Gasteiger partial charge in [-0.05, 0) is 35.9 Å². The topological polar surface area (TPSA) is 60.7 Å². The molecule has 0 atom stereocenters. The first-order chi connectivity index (χ1) is 11.5. The van der Waals surface area contributed by atoms with Crippen LogP contribution in [0.2, 0.25) is 0 Å². The SMILES string of the molecule is COCCn1/c(=N/S(=O)(=O)c2cccs2)sc2cc(SC)ccc21. The van der Waals surface area contributed by atoms with Gasteiger partial charge in [0, 0.05) is 18.6 Å². The van der Waals surface area contributed by atoms with Gasteiger partial charge in [-0.2, -0.15) is 8.42 Å². The van der Waals surface area contributed by atoms with Crippen molar-refractivity contribution in [1.82, 2.24) is 4.57 Å². The monoisotopic (exact) mass is 400 g/mol. The molecule has 0 bridgehead atoms. The Bertz CT molecular complexity index is 1000. The zero-order chi connectivity index (χ0) is 17.2. The summed E-state index contributed by atoms with van der Waals surface area (Å²) in [5.74, 6) is 0. The highest BCUT2D eigenvalue weighted by Crippen LogP contribution is 2.25. The Labute approximate surface area is 152 Å². The number of methoxy groups -OCH3 is 1. The van der Waals surface area contributed by atoms with Gasteiger partial charge in [-0.25, -0.2) is 0 Å². The number of thioether (sulfide) groups is 1. The van der Waals surface area contributed by atoms with Gasteiger partial charge < -0.3 is 9.30 Å². The molecule has 0 aliphatic carbocycles. The van der Waals surface area contributed by atoms with E-state index in [0.717, 1.165) is 15.1 Å². The second-order valence-electron chi connectivity index (χ2n) is 4.86. The third kappa shape index (κ3) is 3.60. The van der Waals surface area contributed by atoms with E-state index in [9.17, 15) is 8.42 Å². The summed E-state index contributed by atoms with van der Waals surface area (Å²) in [5, 5.41) is 1.73. The molecule has 3 rings (SSSR count). The molecule has 0 N–H and O–H groups in total. The lowest BCUT2D eigenvalue weighted by Gasteiger charge is -2.04. The van der Waals surface area contributed by atoms with Gasteiger partial charge in [-0.3, -0.25) is 0 Å². The number of rotatable bonds is 6. The molecule has 2 heterocycles. The first kappa shape index (κ1) is 17.7. The van der Waals surface area contributed by atoms with Crippen molar-refractivity contribution >= 4 is 54.7 Å². The fourth-order valence-electron chi connectivity index (χ4n) is 2.21. The van der Waals surface area contributed by atoms with Crippen molar-refractivity contribution in [2.24, 2.45) is 4.40 Å². The number of hydrogen-bond donors (Lipinski definition) is 0. The number of sulfonamides is 1. The number of aromatic nitrogens is 1. The predicted octanol–water partition coefficient (Wildman–Crippen LogP) is 3.42. The van der Waals surface area contributed by atoms with Gasteiger partial charge >= 0.3 is 0 Å². The van der Waals surface area contributed by atoms with Crippen LogP contribution in [0.4, 0.5) is 0 Å². The Morgan fingerprint density at radius 1 is 1.33 bits per heavy atom. The lowest BCUT2D eigenvalue weighted by Crippen LogP contribution is -2.19. The van der Waals surface area contributed by atoms with E-state index in [1.54, 1.807) is 36.4 Å². The number of ether oxygens (including phenoxy) is 1. The number of nitrogens with zero attached hydrogens (tertiary/aromatic N) is 2. The lowest BCUT2D eigenvalue weighted by atomic mass is 10.3. The summed E-state index contributed by atoms with van der Waals surface area (Å²) in [6.45, 7) is 1.04. The molecule has 0 saturated heterocycles. The summed E-state index contributed by atoms with van der Waals surface area (Å²) in [6.07, 6.45) is 2.01. The molecule has 0 aliphatic heterocycles. The average molecular weight is 401 g/mol. The van der Waals surface area contributed by atoms with Crippen LogP contribution in [0.15, 0.2) is 49.2 Å². The van der Waals surface area contributed by atoms with Gasteiger partial charge in [0.2, 0.25) is 4.80 Å². The summed E-state index contributed by atoms with van der Waals surface area (Å²) in [6, 6.07) is 9.37. The molecule has 0 unspecified atom stereocenters. The number of hydrogen-bond acceptors (Lipinski definition) is 6. The maximum absolute atomic E-state index is 12.5. The highest BCUT2D eigenvalue weighted by atomic mass is 32.2. The number of fused-ring (bicyclic) bond motifs is 1. The van der Waals surface area contributed by atoms with Gasteiger partial charge in [0.05, 0.1) is 16.8 Å². The Kier molecular flexibility index (Phi) is 5.46. The normalized spacial score (nSPS) is 13.0. The molecule has 0 aliphatic rings. The molecule has 128 valence electrons. The molecule has 3 aromatic rings. The Balaban J connectivity index is 2.20. The minimum Gasteiger partial charge on any atom is -0.383 e. The van der Waals surface area contributed by atoms with Crippen LogP contribution in [0.1, 0.15) is 0 Å². The lowest BCUT2D eigenvalue weighted by molar-refractivity contribution is 0.187. The van der Waals surface area contributed by atoms with Crippen LogP contribution >= 0.6 is 34.4 Å². The van der Waals surface area contributed by atoms with Crippen LogP contribution in [0.25, 0.3) is 10.2 Å². The smallest absolute Gasteiger partial charge is 0.294 e. The maximum atomic E-state index is 12.5. The molecule has 0 amide bonds. The molecule has 0 radical (unpaired) electrons. The van der Waals surface area contributed by atoms with E-state index >= 15 is 0 Å². The van der Waals surface area contributed by atoms with Crippen molar-refractivity contribution in [3.8, 4) is 0 Å². The van der Waals surface area contributed by atoms with E-state index in [2.05, 4.69) is 10.5 Å². The van der Waals surface area contributed by atoms with E-state index in [0.29, 0.717) is 18.0 Å². The Morgan fingerprint density at radius 3 is 2.83 bits per heavy atom. The van der Waals surface area contributed by atoms with Crippen LogP contribution in [0.5, 0.6) is 0 Å². The molecule has 24 heavy (non-hydrogen) atoms. The zero-order valence-corrected chi connectivity index (χ0v) is 16.4. The minimum atomic E-state index is -3.69. The van der Waals surface area contributed by atoms with E-state index in [1.165, 1.54) is 22.7 Å². The fourth-order valence-corrected chi connectivity index (χ4v) is 5.99. The Morgan fingerprint density at radius 2 is 2.17 bits per heavy atom. The number of benzene rings is 1. The van der Waals surface area contributed by atoms with Crippen LogP contribution in [0.3, 0.4) is 0 Å². The molecule has 0 saturated carbocycles. The molecule has 1 aromatic carbocycles. The molecule has 2 aromatic heterocycles. The maximum Gasteiger partial charge on any atom is 0.294 e. The van der Waals surface area contributed by atoms with Crippen molar-refractivity contribution < 1.29 is 13.2 Å². The van der Waals surface area contributed by atoms with Gasteiger partial charge in [0.25, 0.3) is 10.0 Å². The quantitative estimate of drug-likeness (QED) is 0.595. The molecule has 0 fully saturated rings. The summed E-state index contributed by atoms with van der Waals surface area (Å²) in [4.78, 5) is 1.60. The van der Waals surface area contributed by atoms with E-state index < -0.39 is 10.0 Å². The molecular weight excluding hydrogens is 384 g/mol. The summed E-state index contributed by atoms with van der Waals surface area (Å²) in [7, 11) is -2.07. The third-order valence-electron chi connectivity index (χ3n) is 3.36. The van der Waals surface area contributed by atoms with Crippen molar-refractivity contribution in [3.63, 3.8) is 0 Å². The second-order valence-corrected chi connectivity index (χ2v) is 9.53. The third-order valence-corrected chi connectivity index (χ3v) is 7.88. The van der Waals surface area contributed by atoms with Crippen LogP contribution in [-0.4, -0.2) is 33.0 Å². The highest BCUT2D eigenvalue weighted by Gasteiger charge is 2.15. The van der Waals surface area contributed by atoms with E-state index in [1.807, 2.05) is 23.0 Å². The average Bonchev–Trinajstić information content (AvgIpc) is 3.20. The number of thiophene rings is 1. The van der Waals surface area contributed by atoms with Crippen LogP contribution in [-0.2, 0) is 21.3 Å². The van der Waals surface area contributed by atoms with Gasteiger partial charge in [-0.15, -0.1) is 27.5 Å². The van der Waals surface area contributed by atoms with Gasteiger partial charge in [-0.1, -0.05) is 17.4 Å². The first-order valence-electron chi connectivity index (χ1n) is 7.06. The Hall–Kier alpha value is -1.13. The van der Waals surface area contributed by atoms with Crippen molar-refractivity contribution in [1.29, 1.82) is 0 Å². The van der Waals surface area contributed by atoms with Crippen molar-refractivity contribution in [2.45, 2.75) is 15.6 Å². The van der Waals surface area contributed by atoms with Crippen LogP contribution in [0, 0.1) is 0 Å².